The molecule has 3 aliphatic rings. The second kappa shape index (κ2) is 5.18. The van der Waals surface area contributed by atoms with Crippen molar-refractivity contribution < 1.29 is 9.15 Å². The second-order valence-corrected chi connectivity index (χ2v) is 7.76. The van der Waals surface area contributed by atoms with E-state index in [1.165, 1.54) is 29.1 Å². The zero-order valence-corrected chi connectivity index (χ0v) is 13.3. The fourth-order valence-corrected chi connectivity index (χ4v) is 4.74. The lowest BCUT2D eigenvalue weighted by Gasteiger charge is -2.17. The summed E-state index contributed by atoms with van der Waals surface area (Å²) < 4.78 is 11.5. The van der Waals surface area contributed by atoms with Gasteiger partial charge in [-0.05, 0) is 25.3 Å². The SMILES string of the molecule is c1cc(CN2C[C@H]3C[C@H](c4nc(C5CC5)cs4)O[C@H]3C2)co1. The summed E-state index contributed by atoms with van der Waals surface area (Å²) in [5, 5.41) is 3.45. The van der Waals surface area contributed by atoms with Gasteiger partial charge in [0.2, 0.25) is 0 Å². The van der Waals surface area contributed by atoms with Gasteiger partial charge in [-0.25, -0.2) is 4.98 Å². The molecule has 5 rings (SSSR count). The van der Waals surface area contributed by atoms with E-state index in [2.05, 4.69) is 10.3 Å². The predicted molar refractivity (Wildman–Crippen MR) is 83.8 cm³/mol. The highest BCUT2D eigenvalue weighted by molar-refractivity contribution is 7.09. The van der Waals surface area contributed by atoms with Crippen LogP contribution in [0.25, 0.3) is 0 Å². The van der Waals surface area contributed by atoms with E-state index in [4.69, 9.17) is 14.1 Å². The Hall–Kier alpha value is -1.17. The maximum absolute atomic E-state index is 6.32. The lowest BCUT2D eigenvalue weighted by atomic mass is 10.0. The second-order valence-electron chi connectivity index (χ2n) is 6.87. The molecule has 0 N–H and O–H groups in total. The van der Waals surface area contributed by atoms with Crippen molar-refractivity contribution >= 4 is 11.3 Å². The van der Waals surface area contributed by atoms with Gasteiger partial charge in [0.05, 0.1) is 24.3 Å². The molecule has 0 aromatic carbocycles. The molecule has 4 heterocycles. The highest BCUT2D eigenvalue weighted by Gasteiger charge is 2.43. The highest BCUT2D eigenvalue weighted by atomic mass is 32.1. The summed E-state index contributed by atoms with van der Waals surface area (Å²) in [6.07, 6.45) is 7.98. The van der Waals surface area contributed by atoms with Crippen molar-refractivity contribution in [2.24, 2.45) is 5.92 Å². The quantitative estimate of drug-likeness (QED) is 0.864. The zero-order chi connectivity index (χ0) is 14.5. The van der Waals surface area contributed by atoms with Gasteiger partial charge in [-0.1, -0.05) is 0 Å². The van der Waals surface area contributed by atoms with E-state index in [0.29, 0.717) is 12.0 Å². The molecule has 1 aliphatic carbocycles. The smallest absolute Gasteiger partial charge is 0.122 e. The highest BCUT2D eigenvalue weighted by Crippen LogP contribution is 2.45. The van der Waals surface area contributed by atoms with E-state index in [-0.39, 0.29) is 6.10 Å². The third-order valence-corrected chi connectivity index (χ3v) is 6.06. The molecule has 0 unspecified atom stereocenters. The molecule has 3 atom stereocenters. The molecule has 4 nitrogen and oxygen atoms in total. The number of furan rings is 1. The number of nitrogens with zero attached hydrogens (tertiary/aromatic N) is 2. The molecule has 3 fully saturated rings. The van der Waals surface area contributed by atoms with Gasteiger partial charge in [-0.3, -0.25) is 4.90 Å². The summed E-state index contributed by atoms with van der Waals surface area (Å²) >= 11 is 1.80. The van der Waals surface area contributed by atoms with Crippen molar-refractivity contribution in [3.05, 3.63) is 40.2 Å². The van der Waals surface area contributed by atoms with Gasteiger partial charge in [-0.2, -0.15) is 0 Å². The average Bonchev–Trinajstić information content (AvgIpc) is 2.93. The summed E-state index contributed by atoms with van der Waals surface area (Å²) in [5.74, 6) is 1.40. The minimum Gasteiger partial charge on any atom is -0.472 e. The van der Waals surface area contributed by atoms with Crippen molar-refractivity contribution in [3.63, 3.8) is 0 Å². The fourth-order valence-electron chi connectivity index (χ4n) is 3.79. The Morgan fingerprint density at radius 1 is 1.32 bits per heavy atom. The molecule has 2 aliphatic heterocycles. The third-order valence-electron chi connectivity index (χ3n) is 5.11. The van der Waals surface area contributed by atoms with Crippen molar-refractivity contribution in [2.75, 3.05) is 13.1 Å². The van der Waals surface area contributed by atoms with E-state index in [1.807, 2.05) is 12.3 Å². The molecular formula is C17H20N2O2S. The Morgan fingerprint density at radius 3 is 3.05 bits per heavy atom. The van der Waals surface area contributed by atoms with Gasteiger partial charge in [0, 0.05) is 42.4 Å². The third kappa shape index (κ3) is 2.41. The molecule has 0 amide bonds. The molecule has 5 heteroatoms. The monoisotopic (exact) mass is 316 g/mol. The number of ether oxygens (including phenoxy) is 1. The van der Waals surface area contributed by atoms with Gasteiger partial charge >= 0.3 is 0 Å². The number of hydrogen-bond acceptors (Lipinski definition) is 5. The van der Waals surface area contributed by atoms with Gasteiger partial charge in [0.25, 0.3) is 0 Å². The number of aromatic nitrogens is 1. The van der Waals surface area contributed by atoms with Gasteiger partial charge in [0.1, 0.15) is 11.1 Å². The van der Waals surface area contributed by atoms with E-state index < -0.39 is 0 Å². The summed E-state index contributed by atoms with van der Waals surface area (Å²) in [5.41, 5.74) is 2.56. The van der Waals surface area contributed by atoms with Crippen molar-refractivity contribution in [1.82, 2.24) is 9.88 Å². The standard InChI is InChI=1S/C17H20N2O2S/c1-2-12(1)14-10-22-17(18-14)15-5-13-7-19(8-16(13)21-15)6-11-3-4-20-9-11/h3-4,9-10,12-13,15-16H,1-2,5-8H2/t13-,15-,16+/m1/s1. The molecule has 2 saturated heterocycles. The molecular weight excluding hydrogens is 296 g/mol. The van der Waals surface area contributed by atoms with Crippen LogP contribution >= 0.6 is 11.3 Å². The Balaban J connectivity index is 1.22. The number of rotatable bonds is 4. The van der Waals surface area contributed by atoms with Crippen LogP contribution in [0.2, 0.25) is 0 Å². The average molecular weight is 316 g/mol. The van der Waals surface area contributed by atoms with Gasteiger partial charge < -0.3 is 9.15 Å². The number of likely N-dealkylation sites (tertiary alicyclic amines) is 1. The first-order valence-corrected chi connectivity index (χ1v) is 9.07. The Labute approximate surface area is 134 Å². The first kappa shape index (κ1) is 13.3. The van der Waals surface area contributed by atoms with E-state index >= 15 is 0 Å². The van der Waals surface area contributed by atoms with Crippen LogP contribution in [-0.4, -0.2) is 29.1 Å². The van der Waals surface area contributed by atoms with Crippen LogP contribution in [0.5, 0.6) is 0 Å². The molecule has 0 radical (unpaired) electrons. The normalized spacial score (nSPS) is 31.7. The van der Waals surface area contributed by atoms with Gasteiger partial charge in [0.15, 0.2) is 0 Å². The number of fused-ring (bicyclic) bond motifs is 1. The molecule has 2 aromatic rings. The fraction of sp³-hybridized carbons (Fsp3) is 0.588. The zero-order valence-electron chi connectivity index (χ0n) is 12.5. The molecule has 2 aromatic heterocycles. The minimum atomic E-state index is 0.239. The Morgan fingerprint density at radius 2 is 2.27 bits per heavy atom. The molecule has 1 saturated carbocycles. The Kier molecular flexibility index (Phi) is 3.13. The maximum Gasteiger partial charge on any atom is 0.122 e. The lowest BCUT2D eigenvalue weighted by molar-refractivity contribution is 0.0369. The Bertz CT molecular complexity index is 635. The van der Waals surface area contributed by atoms with E-state index in [1.54, 1.807) is 17.6 Å². The van der Waals surface area contributed by atoms with Crippen LogP contribution in [0.4, 0.5) is 0 Å². The first-order chi connectivity index (χ1) is 10.8. The minimum absolute atomic E-state index is 0.239. The van der Waals surface area contributed by atoms with Crippen LogP contribution in [0.15, 0.2) is 28.4 Å². The maximum atomic E-state index is 6.32. The largest absolute Gasteiger partial charge is 0.472 e. The lowest BCUT2D eigenvalue weighted by Crippen LogP contribution is -2.23. The van der Waals surface area contributed by atoms with Crippen molar-refractivity contribution in [3.8, 4) is 0 Å². The van der Waals surface area contributed by atoms with E-state index in [9.17, 15) is 0 Å². The molecule has 22 heavy (non-hydrogen) atoms. The first-order valence-electron chi connectivity index (χ1n) is 8.19. The summed E-state index contributed by atoms with van der Waals surface area (Å²) in [6, 6.07) is 2.05. The van der Waals surface area contributed by atoms with Crippen molar-refractivity contribution in [1.29, 1.82) is 0 Å². The van der Waals surface area contributed by atoms with Crippen LogP contribution in [0, 0.1) is 5.92 Å². The number of thiazole rings is 1. The summed E-state index contributed by atoms with van der Waals surface area (Å²) in [4.78, 5) is 7.31. The summed E-state index contributed by atoms with van der Waals surface area (Å²) in [6.45, 7) is 3.14. The van der Waals surface area contributed by atoms with Crippen LogP contribution < -0.4 is 0 Å². The van der Waals surface area contributed by atoms with E-state index in [0.717, 1.165) is 32.0 Å². The molecule has 0 spiro atoms. The van der Waals surface area contributed by atoms with Crippen LogP contribution in [0.3, 0.4) is 0 Å². The topological polar surface area (TPSA) is 38.5 Å². The van der Waals surface area contributed by atoms with Crippen molar-refractivity contribution in [2.45, 2.75) is 43.9 Å². The number of hydrogen-bond donors (Lipinski definition) is 0. The molecule has 116 valence electrons. The summed E-state index contributed by atoms with van der Waals surface area (Å²) in [7, 11) is 0. The predicted octanol–water partition coefficient (Wildman–Crippen LogP) is 3.58. The molecule has 0 bridgehead atoms. The van der Waals surface area contributed by atoms with Crippen LogP contribution in [0.1, 0.15) is 47.5 Å². The van der Waals surface area contributed by atoms with Crippen LogP contribution in [-0.2, 0) is 11.3 Å². The van der Waals surface area contributed by atoms with Gasteiger partial charge in [-0.15, -0.1) is 11.3 Å².